The summed E-state index contributed by atoms with van der Waals surface area (Å²) in [7, 11) is -11.3. The minimum atomic E-state index is -5.72. The average Bonchev–Trinajstić information content (AvgIpc) is 3.05. The number of aliphatic hydroxyl groups excluding tert-OH is 5. The maximum absolute atomic E-state index is 12.2. The molecular weight excluding hydrogens is 561 g/mol. The Labute approximate surface area is 204 Å². The second-order valence-corrected chi connectivity index (χ2v) is 10.7. The molecule has 0 radical (unpaired) electrons. The number of aromatic nitrogens is 2. The summed E-state index contributed by atoms with van der Waals surface area (Å²) in [4.78, 5) is 55.5. The van der Waals surface area contributed by atoms with E-state index in [9.17, 15) is 58.8 Å². The highest BCUT2D eigenvalue weighted by Gasteiger charge is 2.51. The molecule has 210 valence electrons. The highest BCUT2D eigenvalue weighted by atomic mass is 31.3. The number of hydrogen-bond donors (Lipinski definition) is 9. The number of aromatic amines is 1. The first-order valence-electron chi connectivity index (χ1n) is 9.98. The second-order valence-electron chi connectivity index (χ2n) is 7.72. The summed E-state index contributed by atoms with van der Waals surface area (Å²) in [5, 5.41) is 58.3. The maximum Gasteiger partial charge on any atom is 0.483 e. The van der Waals surface area contributed by atoms with E-state index >= 15 is 0 Å². The number of aliphatic hydroxyl groups is 5. The van der Waals surface area contributed by atoms with Gasteiger partial charge in [0.1, 0.15) is 36.6 Å². The molecule has 0 aromatic carbocycles. The highest BCUT2D eigenvalue weighted by molar-refractivity contribution is 7.61. The predicted molar refractivity (Wildman–Crippen MR) is 109 cm³/mol. The molecule has 0 spiro atoms. The molecule has 0 amide bonds. The van der Waals surface area contributed by atoms with Crippen LogP contribution in [0.25, 0.3) is 0 Å². The number of phosphoric acid groups is 2. The van der Waals surface area contributed by atoms with Gasteiger partial charge >= 0.3 is 27.3 Å². The van der Waals surface area contributed by atoms with E-state index in [-0.39, 0.29) is 0 Å². The smallest absolute Gasteiger partial charge is 0.479 e. The van der Waals surface area contributed by atoms with Crippen molar-refractivity contribution < 1.29 is 77.2 Å². The van der Waals surface area contributed by atoms with E-state index < -0.39 is 94.7 Å². The number of ether oxygens (including phenoxy) is 2. The zero-order valence-electron chi connectivity index (χ0n) is 18.1. The third kappa shape index (κ3) is 6.77. The summed E-state index contributed by atoms with van der Waals surface area (Å²) in [6, 6.07) is 0.910. The molecule has 3 rings (SSSR count). The molecule has 2 unspecified atom stereocenters. The number of nitrogens with zero attached hydrogens (tertiary/aromatic N) is 1. The van der Waals surface area contributed by atoms with Crippen molar-refractivity contribution in [3.8, 4) is 0 Å². The Balaban J connectivity index is 1.63. The molecule has 1 aromatic heterocycles. The highest BCUT2D eigenvalue weighted by Crippen LogP contribution is 2.61. The van der Waals surface area contributed by atoms with E-state index in [0.29, 0.717) is 4.57 Å². The normalized spacial score (nSPS) is 37.5. The summed E-state index contributed by atoms with van der Waals surface area (Å²) < 4.78 is 47.6. The van der Waals surface area contributed by atoms with E-state index in [4.69, 9.17) is 9.84 Å². The maximum atomic E-state index is 12.2. The molecular formula is C15H22N2O18P2. The van der Waals surface area contributed by atoms with Crippen molar-refractivity contribution in [2.45, 2.75) is 55.2 Å². The first-order chi connectivity index (χ1) is 17.0. The van der Waals surface area contributed by atoms with Crippen molar-refractivity contribution in [3.63, 3.8) is 0 Å². The molecule has 3 heterocycles. The monoisotopic (exact) mass is 583 g/mol. The van der Waals surface area contributed by atoms with Gasteiger partial charge in [0.2, 0.25) is 0 Å². The Morgan fingerprint density at radius 3 is 2.22 bits per heavy atom. The van der Waals surface area contributed by atoms with Crippen molar-refractivity contribution in [2.24, 2.45) is 0 Å². The Kier molecular flexibility index (Phi) is 8.89. The number of nitrogens with one attached hydrogen (secondary N) is 1. The van der Waals surface area contributed by atoms with Gasteiger partial charge in [-0.05, 0) is 0 Å². The van der Waals surface area contributed by atoms with Crippen molar-refractivity contribution >= 4 is 21.6 Å². The Hall–Kier alpha value is -1.87. The molecule has 9 N–H and O–H groups in total. The molecule has 0 saturated carbocycles. The number of rotatable bonds is 9. The van der Waals surface area contributed by atoms with Gasteiger partial charge in [-0.25, -0.2) is 18.7 Å². The first kappa shape index (κ1) is 29.7. The van der Waals surface area contributed by atoms with E-state index in [1.807, 2.05) is 4.98 Å². The van der Waals surface area contributed by atoms with Crippen LogP contribution in [-0.4, -0.2) is 112 Å². The van der Waals surface area contributed by atoms with Gasteiger partial charge in [-0.15, -0.1) is 0 Å². The van der Waals surface area contributed by atoms with Gasteiger partial charge in [-0.1, -0.05) is 0 Å². The van der Waals surface area contributed by atoms with Crippen molar-refractivity contribution in [3.05, 3.63) is 33.1 Å². The minimum Gasteiger partial charge on any atom is -0.479 e. The van der Waals surface area contributed by atoms with Crippen molar-refractivity contribution in [1.29, 1.82) is 0 Å². The fraction of sp³-hybridized carbons (Fsp3) is 0.667. The van der Waals surface area contributed by atoms with Gasteiger partial charge in [0.15, 0.2) is 18.6 Å². The minimum absolute atomic E-state index is 0.700. The van der Waals surface area contributed by atoms with Gasteiger partial charge in [0, 0.05) is 12.3 Å². The van der Waals surface area contributed by atoms with Gasteiger partial charge in [0.05, 0.1) is 6.61 Å². The van der Waals surface area contributed by atoms with Crippen LogP contribution in [0, 0.1) is 0 Å². The van der Waals surface area contributed by atoms with Crippen LogP contribution in [0.5, 0.6) is 0 Å². The average molecular weight is 583 g/mol. The molecule has 0 aliphatic carbocycles. The van der Waals surface area contributed by atoms with Crippen LogP contribution in [0.15, 0.2) is 21.9 Å². The van der Waals surface area contributed by atoms with Crippen LogP contribution < -0.4 is 11.2 Å². The fourth-order valence-corrected chi connectivity index (χ4v) is 5.49. The lowest BCUT2D eigenvalue weighted by Gasteiger charge is -2.38. The number of phosphoric ester groups is 2. The molecule has 2 fully saturated rings. The summed E-state index contributed by atoms with van der Waals surface area (Å²) in [5.41, 5.74) is -1.78. The largest absolute Gasteiger partial charge is 0.483 e. The lowest BCUT2D eigenvalue weighted by Crippen LogP contribution is -2.60. The molecule has 22 heteroatoms. The quantitative estimate of drug-likeness (QED) is 0.123. The molecule has 1 aromatic rings. The summed E-state index contributed by atoms with van der Waals surface area (Å²) in [5.74, 6) is -1.85. The van der Waals surface area contributed by atoms with Crippen molar-refractivity contribution in [1.82, 2.24) is 9.55 Å². The number of carbonyl (C=O) groups is 1. The molecule has 2 saturated heterocycles. The van der Waals surface area contributed by atoms with Crippen LogP contribution in [0.1, 0.15) is 6.23 Å². The van der Waals surface area contributed by atoms with Crippen LogP contribution in [0.2, 0.25) is 0 Å². The molecule has 20 nitrogen and oxygen atoms in total. The molecule has 37 heavy (non-hydrogen) atoms. The lowest BCUT2D eigenvalue weighted by atomic mass is 9.99. The second kappa shape index (κ2) is 11.1. The third-order valence-electron chi connectivity index (χ3n) is 5.12. The number of carboxylic acid groups (broad SMARTS) is 1. The van der Waals surface area contributed by atoms with Crippen LogP contribution >= 0.6 is 15.6 Å². The van der Waals surface area contributed by atoms with Gasteiger partial charge in [-0.3, -0.25) is 23.4 Å². The summed E-state index contributed by atoms with van der Waals surface area (Å²) in [6.45, 7) is -1.07. The molecule has 0 bridgehead atoms. The molecule has 2 aliphatic rings. The SMILES string of the molecule is O=C(O)[C@H]1O[C@H](OP(=O)(O)OP(=O)(O)OC[C@H]2O[C@@H]([15n]3ccc(=O)[15nH][13c]3=O)[C@H](O)[C@@H]2O)[C@H](O)[C@@H](O)[C@@H]1O. The number of H-pyrrole nitrogens is 1. The standard InChI is InChI=1S/C15H22N2O18P2/c18-5-1-2-17(15(26)16-5)12-9(22)6(19)4(32-12)3-31-36(27,28)35-37(29,30)34-14-10(23)7(20)8(21)11(33-14)13(24)25/h1-2,4,6-12,14,19-23H,3H2,(H,24,25)(H,27,28)(H,29,30)(H,16,18,26)/t4-,6-,7+,8+,9-,10-,11+,12-,14-/m1/s1/i15+1,16+1,17+1. The lowest BCUT2D eigenvalue weighted by molar-refractivity contribution is -0.274. The van der Waals surface area contributed by atoms with Crippen molar-refractivity contribution in [2.75, 3.05) is 6.61 Å². The Bertz CT molecular complexity index is 1200. The molecule has 2 aliphatic heterocycles. The summed E-state index contributed by atoms with van der Waals surface area (Å²) >= 11 is 0. The van der Waals surface area contributed by atoms with Gasteiger partial charge in [0.25, 0.3) is 5.56 Å². The zero-order valence-corrected chi connectivity index (χ0v) is 19.8. The number of hydrogen-bond acceptors (Lipinski definition) is 15. The Morgan fingerprint density at radius 1 is 0.973 bits per heavy atom. The van der Waals surface area contributed by atoms with E-state index in [1.165, 1.54) is 0 Å². The molecule has 11 atom stereocenters. The van der Waals surface area contributed by atoms with Gasteiger partial charge in [-0.2, -0.15) is 4.31 Å². The van der Waals surface area contributed by atoms with E-state index in [0.717, 1.165) is 12.3 Å². The van der Waals surface area contributed by atoms with Crippen LogP contribution in [0.3, 0.4) is 0 Å². The predicted octanol–water partition coefficient (Wildman–Crippen LogP) is -4.70. The third-order valence-corrected chi connectivity index (χ3v) is 7.72. The fourth-order valence-electron chi connectivity index (χ4n) is 3.34. The topological polar surface area (TPSA) is 314 Å². The van der Waals surface area contributed by atoms with E-state index in [1.54, 1.807) is 0 Å². The Morgan fingerprint density at radius 2 is 1.62 bits per heavy atom. The number of carboxylic acids is 1. The van der Waals surface area contributed by atoms with Gasteiger partial charge < -0.3 is 49.9 Å². The van der Waals surface area contributed by atoms with Crippen LogP contribution in [0.4, 0.5) is 0 Å². The summed E-state index contributed by atoms with van der Waals surface area (Å²) in [6.07, 6.45) is -17.2. The van der Waals surface area contributed by atoms with Crippen LogP contribution in [-0.2, 0) is 36.8 Å². The number of aliphatic carboxylic acids is 1. The first-order valence-corrected chi connectivity index (χ1v) is 13.0. The zero-order chi connectivity index (χ0) is 27.9. The van der Waals surface area contributed by atoms with E-state index in [2.05, 4.69) is 18.1 Å².